The predicted molar refractivity (Wildman–Crippen MR) is 107 cm³/mol. The smallest absolute Gasteiger partial charge is 0.227 e. The molecule has 0 amide bonds. The topological polar surface area (TPSA) is 61.3 Å². The first kappa shape index (κ1) is 16.7. The second kappa shape index (κ2) is 7.29. The van der Waals surface area contributed by atoms with E-state index in [2.05, 4.69) is 35.7 Å². The highest BCUT2D eigenvalue weighted by atomic mass is 15.3. The van der Waals surface area contributed by atoms with Gasteiger partial charge in [-0.25, -0.2) is 15.0 Å². The Balaban J connectivity index is 1.24. The molecule has 2 saturated heterocycles. The molecule has 3 aliphatic rings. The minimum absolute atomic E-state index is 0.666. The van der Waals surface area contributed by atoms with E-state index in [9.17, 15) is 0 Å². The van der Waals surface area contributed by atoms with Crippen molar-refractivity contribution in [2.75, 3.05) is 54.0 Å². The molecule has 142 valence electrons. The lowest BCUT2D eigenvalue weighted by molar-refractivity contribution is 0.571. The Labute approximate surface area is 160 Å². The number of hydrogen-bond acceptors (Lipinski definition) is 7. The first-order chi connectivity index (χ1) is 13.4. The molecule has 0 radical (unpaired) electrons. The van der Waals surface area contributed by atoms with E-state index in [1.807, 2.05) is 12.3 Å². The number of anilines is 3. The Morgan fingerprint density at radius 2 is 1.48 bits per heavy atom. The highest BCUT2D eigenvalue weighted by molar-refractivity contribution is 5.47. The molecule has 1 aliphatic carbocycles. The van der Waals surface area contributed by atoms with Crippen molar-refractivity contribution < 1.29 is 0 Å². The van der Waals surface area contributed by atoms with Gasteiger partial charge in [-0.05, 0) is 38.2 Å². The lowest BCUT2D eigenvalue weighted by atomic mass is 10.1. The molecule has 5 rings (SSSR count). The van der Waals surface area contributed by atoms with Crippen molar-refractivity contribution in [2.45, 2.75) is 38.0 Å². The summed E-state index contributed by atoms with van der Waals surface area (Å²) in [6.45, 7) is 5.96. The Kier molecular flexibility index (Phi) is 4.51. The van der Waals surface area contributed by atoms with Gasteiger partial charge in [0.05, 0.1) is 0 Å². The second-order valence-corrected chi connectivity index (χ2v) is 7.81. The molecule has 0 aromatic carbocycles. The van der Waals surface area contributed by atoms with Crippen LogP contribution in [0.2, 0.25) is 0 Å². The molecule has 0 unspecified atom stereocenters. The van der Waals surface area contributed by atoms with Crippen LogP contribution < -0.4 is 14.7 Å². The van der Waals surface area contributed by atoms with Gasteiger partial charge in [-0.1, -0.05) is 0 Å². The molecular weight excluding hydrogens is 338 g/mol. The van der Waals surface area contributed by atoms with Gasteiger partial charge in [-0.2, -0.15) is 4.98 Å². The summed E-state index contributed by atoms with van der Waals surface area (Å²) in [5.41, 5.74) is 1.21. The van der Waals surface area contributed by atoms with Gasteiger partial charge < -0.3 is 14.7 Å². The normalized spacial score (nSPS) is 20.8. The van der Waals surface area contributed by atoms with Gasteiger partial charge in [0.1, 0.15) is 18.0 Å². The van der Waals surface area contributed by atoms with Crippen LogP contribution in [0.15, 0.2) is 24.7 Å². The molecule has 1 saturated carbocycles. The summed E-state index contributed by atoms with van der Waals surface area (Å²) in [5, 5.41) is 0. The minimum atomic E-state index is 0.666. The zero-order valence-electron chi connectivity index (χ0n) is 15.8. The number of nitrogens with zero attached hydrogens (tertiary/aromatic N) is 7. The average Bonchev–Trinajstić information content (AvgIpc) is 3.60. The van der Waals surface area contributed by atoms with Crippen LogP contribution in [0.1, 0.15) is 43.7 Å². The largest absolute Gasteiger partial charge is 0.356 e. The fourth-order valence-electron chi connectivity index (χ4n) is 4.06. The first-order valence-corrected chi connectivity index (χ1v) is 10.3. The summed E-state index contributed by atoms with van der Waals surface area (Å²) >= 11 is 0. The number of hydrogen-bond donors (Lipinski definition) is 0. The van der Waals surface area contributed by atoms with Crippen molar-refractivity contribution >= 4 is 17.6 Å². The lowest BCUT2D eigenvalue weighted by Gasteiger charge is -2.36. The summed E-state index contributed by atoms with van der Waals surface area (Å²) < 4.78 is 0. The van der Waals surface area contributed by atoms with E-state index in [0.717, 1.165) is 56.9 Å². The fraction of sp³-hybridized carbons (Fsp3) is 0.600. The molecular formula is C20H27N7. The third-order valence-electron chi connectivity index (χ3n) is 5.86. The number of aromatic nitrogens is 4. The van der Waals surface area contributed by atoms with E-state index in [1.54, 1.807) is 6.33 Å². The van der Waals surface area contributed by atoms with Gasteiger partial charge in [0.25, 0.3) is 0 Å². The molecule has 3 fully saturated rings. The van der Waals surface area contributed by atoms with Crippen LogP contribution in [0.4, 0.5) is 17.6 Å². The number of rotatable bonds is 4. The SMILES string of the molecule is c1nc(C2CC2)cc(N2CCN(c3nccc(N4CCCCC4)n3)CC2)n1. The second-order valence-electron chi connectivity index (χ2n) is 7.81. The van der Waals surface area contributed by atoms with Gasteiger partial charge in [0.2, 0.25) is 5.95 Å². The molecule has 2 aromatic rings. The highest BCUT2D eigenvalue weighted by Crippen LogP contribution is 2.39. The summed E-state index contributed by atoms with van der Waals surface area (Å²) in [7, 11) is 0. The van der Waals surface area contributed by atoms with Gasteiger partial charge >= 0.3 is 0 Å². The van der Waals surface area contributed by atoms with E-state index in [1.165, 1.54) is 37.8 Å². The van der Waals surface area contributed by atoms with Crippen molar-refractivity contribution in [3.63, 3.8) is 0 Å². The first-order valence-electron chi connectivity index (χ1n) is 10.3. The third kappa shape index (κ3) is 3.68. The predicted octanol–water partition coefficient (Wildman–Crippen LogP) is 2.46. The van der Waals surface area contributed by atoms with E-state index in [-0.39, 0.29) is 0 Å². The number of piperidine rings is 1. The van der Waals surface area contributed by atoms with Crippen molar-refractivity contribution in [2.24, 2.45) is 0 Å². The Hall–Kier alpha value is -2.44. The Bertz CT molecular complexity index is 777. The van der Waals surface area contributed by atoms with Crippen LogP contribution in [-0.2, 0) is 0 Å². The van der Waals surface area contributed by atoms with E-state index in [0.29, 0.717) is 5.92 Å². The molecule has 7 nitrogen and oxygen atoms in total. The van der Waals surface area contributed by atoms with Crippen LogP contribution in [0.5, 0.6) is 0 Å². The molecule has 0 spiro atoms. The molecule has 2 aliphatic heterocycles. The van der Waals surface area contributed by atoms with Gasteiger partial charge in [-0.3, -0.25) is 0 Å². The van der Waals surface area contributed by atoms with Gasteiger partial charge in [-0.15, -0.1) is 0 Å². The summed E-state index contributed by atoms with van der Waals surface area (Å²) in [6.07, 6.45) is 10.0. The Morgan fingerprint density at radius 1 is 0.741 bits per heavy atom. The zero-order chi connectivity index (χ0) is 18.1. The van der Waals surface area contributed by atoms with Crippen molar-refractivity contribution in [1.82, 2.24) is 19.9 Å². The van der Waals surface area contributed by atoms with Gasteiger partial charge in [0.15, 0.2) is 0 Å². The molecule has 4 heterocycles. The molecule has 0 N–H and O–H groups in total. The van der Waals surface area contributed by atoms with Crippen LogP contribution >= 0.6 is 0 Å². The molecule has 2 aromatic heterocycles. The van der Waals surface area contributed by atoms with Crippen LogP contribution in [0.25, 0.3) is 0 Å². The average molecular weight is 365 g/mol. The molecule has 0 atom stereocenters. The van der Waals surface area contributed by atoms with Crippen molar-refractivity contribution in [3.8, 4) is 0 Å². The molecule has 27 heavy (non-hydrogen) atoms. The summed E-state index contributed by atoms with van der Waals surface area (Å²) in [5.74, 6) is 3.67. The van der Waals surface area contributed by atoms with E-state index >= 15 is 0 Å². The van der Waals surface area contributed by atoms with Gasteiger partial charge in [0, 0.05) is 63.1 Å². The zero-order valence-corrected chi connectivity index (χ0v) is 15.8. The summed E-state index contributed by atoms with van der Waals surface area (Å²) in [4.78, 5) is 25.4. The molecule has 7 heteroatoms. The van der Waals surface area contributed by atoms with E-state index < -0.39 is 0 Å². The fourth-order valence-corrected chi connectivity index (χ4v) is 4.06. The minimum Gasteiger partial charge on any atom is -0.356 e. The van der Waals surface area contributed by atoms with Crippen LogP contribution in [-0.4, -0.2) is 59.2 Å². The monoisotopic (exact) mass is 365 g/mol. The molecule has 0 bridgehead atoms. The standard InChI is InChI=1S/C20H27N7/c1-2-8-25(9-3-1)18-6-7-21-20(24-18)27-12-10-26(11-13-27)19-14-17(16-4-5-16)22-15-23-19/h6-7,14-16H,1-5,8-13H2. The van der Waals surface area contributed by atoms with E-state index in [4.69, 9.17) is 4.98 Å². The number of piperazine rings is 1. The quantitative estimate of drug-likeness (QED) is 0.825. The third-order valence-corrected chi connectivity index (χ3v) is 5.86. The maximum absolute atomic E-state index is 4.86. The summed E-state index contributed by atoms with van der Waals surface area (Å²) in [6, 6.07) is 4.23. The lowest BCUT2D eigenvalue weighted by Crippen LogP contribution is -2.47. The highest BCUT2D eigenvalue weighted by Gasteiger charge is 2.27. The van der Waals surface area contributed by atoms with Crippen molar-refractivity contribution in [3.05, 3.63) is 30.4 Å². The van der Waals surface area contributed by atoms with Crippen LogP contribution in [0.3, 0.4) is 0 Å². The van der Waals surface area contributed by atoms with Crippen LogP contribution in [0, 0.1) is 0 Å². The maximum Gasteiger partial charge on any atom is 0.227 e. The maximum atomic E-state index is 4.86. The Morgan fingerprint density at radius 3 is 2.26 bits per heavy atom. The van der Waals surface area contributed by atoms with Crippen molar-refractivity contribution in [1.29, 1.82) is 0 Å².